The maximum atomic E-state index is 4.76. The minimum Gasteiger partial charge on any atom is -0.289 e. The third-order valence-electron chi connectivity index (χ3n) is 3.39. The average molecular weight is 251 g/mol. The Hall–Kier alpha value is -1.89. The SMILES string of the molecule is CCC(N=CC(C)c1ccccc1)c1ccccc1. The van der Waals surface area contributed by atoms with Crippen molar-refractivity contribution in [1.29, 1.82) is 0 Å². The molecule has 0 N–H and O–H groups in total. The van der Waals surface area contributed by atoms with Crippen LogP contribution in [0.15, 0.2) is 65.7 Å². The summed E-state index contributed by atoms with van der Waals surface area (Å²) in [5, 5.41) is 0. The highest BCUT2D eigenvalue weighted by Crippen LogP contribution is 2.21. The molecule has 19 heavy (non-hydrogen) atoms. The second-order valence-electron chi connectivity index (χ2n) is 4.83. The molecule has 0 aromatic heterocycles. The molecule has 0 heterocycles. The molecule has 2 atom stereocenters. The van der Waals surface area contributed by atoms with Crippen molar-refractivity contribution in [3.05, 3.63) is 71.8 Å². The first kappa shape index (κ1) is 13.5. The van der Waals surface area contributed by atoms with E-state index in [4.69, 9.17) is 4.99 Å². The molecule has 0 saturated heterocycles. The molecular weight excluding hydrogens is 230 g/mol. The van der Waals surface area contributed by atoms with Gasteiger partial charge in [-0.25, -0.2) is 0 Å². The number of benzene rings is 2. The van der Waals surface area contributed by atoms with Crippen molar-refractivity contribution in [1.82, 2.24) is 0 Å². The monoisotopic (exact) mass is 251 g/mol. The molecule has 2 aromatic carbocycles. The summed E-state index contributed by atoms with van der Waals surface area (Å²) in [6.07, 6.45) is 3.11. The molecule has 2 aromatic rings. The zero-order valence-electron chi connectivity index (χ0n) is 11.7. The standard InChI is InChI=1S/C18H21N/c1-3-18(17-12-8-5-9-13-17)19-14-15(2)16-10-6-4-7-11-16/h4-15,18H,3H2,1-2H3. The van der Waals surface area contributed by atoms with E-state index in [1.54, 1.807) is 0 Å². The van der Waals surface area contributed by atoms with Gasteiger partial charge in [0, 0.05) is 12.1 Å². The van der Waals surface area contributed by atoms with Crippen molar-refractivity contribution >= 4 is 6.21 Å². The zero-order chi connectivity index (χ0) is 13.5. The normalized spacial score (nSPS) is 14.4. The van der Waals surface area contributed by atoms with Gasteiger partial charge in [-0.2, -0.15) is 0 Å². The fraction of sp³-hybridized carbons (Fsp3) is 0.278. The smallest absolute Gasteiger partial charge is 0.0742 e. The van der Waals surface area contributed by atoms with Crippen molar-refractivity contribution in [2.45, 2.75) is 32.2 Å². The van der Waals surface area contributed by atoms with Crippen LogP contribution >= 0.6 is 0 Å². The van der Waals surface area contributed by atoms with Gasteiger partial charge in [-0.15, -0.1) is 0 Å². The van der Waals surface area contributed by atoms with Crippen LogP contribution in [0.1, 0.15) is 43.4 Å². The number of aliphatic imine (C=N–C) groups is 1. The molecule has 0 bridgehead atoms. The maximum absolute atomic E-state index is 4.76. The molecule has 0 radical (unpaired) electrons. The third kappa shape index (κ3) is 3.78. The number of hydrogen-bond acceptors (Lipinski definition) is 1. The summed E-state index contributed by atoms with van der Waals surface area (Å²) in [5.41, 5.74) is 2.61. The topological polar surface area (TPSA) is 12.4 Å². The van der Waals surface area contributed by atoms with Gasteiger partial charge in [0.15, 0.2) is 0 Å². The van der Waals surface area contributed by atoms with Crippen LogP contribution in [0.25, 0.3) is 0 Å². The second-order valence-corrected chi connectivity index (χ2v) is 4.83. The van der Waals surface area contributed by atoms with Gasteiger partial charge in [-0.3, -0.25) is 4.99 Å². The molecule has 0 aliphatic rings. The van der Waals surface area contributed by atoms with Gasteiger partial charge in [-0.1, -0.05) is 74.5 Å². The van der Waals surface area contributed by atoms with E-state index in [1.165, 1.54) is 11.1 Å². The molecule has 2 rings (SSSR count). The summed E-state index contributed by atoms with van der Waals surface area (Å²) in [6.45, 7) is 4.37. The molecule has 0 aliphatic heterocycles. The highest BCUT2D eigenvalue weighted by molar-refractivity contribution is 5.67. The molecule has 1 heteroatoms. The van der Waals surface area contributed by atoms with Crippen molar-refractivity contribution < 1.29 is 0 Å². The lowest BCUT2D eigenvalue weighted by Crippen LogP contribution is -1.99. The quantitative estimate of drug-likeness (QED) is 0.662. The minimum atomic E-state index is 0.271. The molecule has 98 valence electrons. The van der Waals surface area contributed by atoms with E-state index in [0.29, 0.717) is 5.92 Å². The zero-order valence-corrected chi connectivity index (χ0v) is 11.7. The van der Waals surface area contributed by atoms with Crippen LogP contribution in [0.3, 0.4) is 0 Å². The first-order valence-corrected chi connectivity index (χ1v) is 6.94. The molecule has 1 nitrogen and oxygen atoms in total. The number of nitrogens with zero attached hydrogens (tertiary/aromatic N) is 1. The Balaban J connectivity index is 2.08. The lowest BCUT2D eigenvalue weighted by atomic mass is 10.0. The van der Waals surface area contributed by atoms with Gasteiger partial charge in [0.05, 0.1) is 6.04 Å². The summed E-state index contributed by atoms with van der Waals surface area (Å²) in [4.78, 5) is 4.76. The van der Waals surface area contributed by atoms with E-state index >= 15 is 0 Å². The molecule has 0 saturated carbocycles. The van der Waals surface area contributed by atoms with E-state index in [0.717, 1.165) is 6.42 Å². The van der Waals surface area contributed by atoms with Crippen molar-refractivity contribution in [3.8, 4) is 0 Å². The Morgan fingerprint density at radius 1 is 0.895 bits per heavy atom. The third-order valence-corrected chi connectivity index (χ3v) is 3.39. The van der Waals surface area contributed by atoms with Gasteiger partial charge < -0.3 is 0 Å². The van der Waals surface area contributed by atoms with Crippen LogP contribution in [0.5, 0.6) is 0 Å². The average Bonchev–Trinajstić information content (AvgIpc) is 2.49. The van der Waals surface area contributed by atoms with E-state index < -0.39 is 0 Å². The van der Waals surface area contributed by atoms with Gasteiger partial charge >= 0.3 is 0 Å². The van der Waals surface area contributed by atoms with Crippen LogP contribution in [0.4, 0.5) is 0 Å². The van der Waals surface area contributed by atoms with Crippen molar-refractivity contribution in [2.75, 3.05) is 0 Å². The highest BCUT2D eigenvalue weighted by Gasteiger charge is 2.07. The van der Waals surface area contributed by atoms with E-state index in [2.05, 4.69) is 68.6 Å². The fourth-order valence-electron chi connectivity index (χ4n) is 2.18. The van der Waals surface area contributed by atoms with E-state index in [-0.39, 0.29) is 6.04 Å². The lowest BCUT2D eigenvalue weighted by molar-refractivity contribution is 0.700. The summed E-state index contributed by atoms with van der Waals surface area (Å²) < 4.78 is 0. The lowest BCUT2D eigenvalue weighted by Gasteiger charge is -2.12. The Bertz CT molecular complexity index is 502. The molecule has 0 aliphatic carbocycles. The molecule has 0 amide bonds. The maximum Gasteiger partial charge on any atom is 0.0742 e. The molecule has 0 spiro atoms. The summed E-state index contributed by atoms with van der Waals surface area (Å²) in [7, 11) is 0. The van der Waals surface area contributed by atoms with Crippen LogP contribution in [0.2, 0.25) is 0 Å². The van der Waals surface area contributed by atoms with Crippen LogP contribution in [-0.2, 0) is 0 Å². The van der Waals surface area contributed by atoms with Crippen molar-refractivity contribution in [3.63, 3.8) is 0 Å². The Morgan fingerprint density at radius 3 is 1.95 bits per heavy atom. The molecule has 0 fully saturated rings. The summed E-state index contributed by atoms with van der Waals surface area (Å²) in [6, 6.07) is 21.3. The van der Waals surface area contributed by atoms with Crippen LogP contribution in [-0.4, -0.2) is 6.21 Å². The van der Waals surface area contributed by atoms with Crippen LogP contribution < -0.4 is 0 Å². The largest absolute Gasteiger partial charge is 0.289 e. The highest BCUT2D eigenvalue weighted by atomic mass is 14.8. The van der Waals surface area contributed by atoms with Gasteiger partial charge in [0.25, 0.3) is 0 Å². The number of hydrogen-bond donors (Lipinski definition) is 0. The first-order valence-electron chi connectivity index (χ1n) is 6.94. The Labute approximate surface area is 116 Å². The fourth-order valence-corrected chi connectivity index (χ4v) is 2.18. The summed E-state index contributed by atoms with van der Waals surface area (Å²) in [5.74, 6) is 0.360. The Kier molecular flexibility index (Phi) is 4.91. The predicted octanol–water partition coefficient (Wildman–Crippen LogP) is 5.01. The molecule has 2 unspecified atom stereocenters. The van der Waals surface area contributed by atoms with Crippen LogP contribution in [0, 0.1) is 0 Å². The minimum absolute atomic E-state index is 0.271. The molecular formula is C18H21N. The van der Waals surface area contributed by atoms with E-state index in [1.807, 2.05) is 12.1 Å². The Morgan fingerprint density at radius 2 is 1.42 bits per heavy atom. The first-order chi connectivity index (χ1) is 9.31. The van der Waals surface area contributed by atoms with Gasteiger partial charge in [0.2, 0.25) is 0 Å². The summed E-state index contributed by atoms with van der Waals surface area (Å²) >= 11 is 0. The number of rotatable bonds is 5. The van der Waals surface area contributed by atoms with E-state index in [9.17, 15) is 0 Å². The van der Waals surface area contributed by atoms with Gasteiger partial charge in [0.1, 0.15) is 0 Å². The predicted molar refractivity (Wildman–Crippen MR) is 82.8 cm³/mol. The van der Waals surface area contributed by atoms with Gasteiger partial charge in [-0.05, 0) is 17.5 Å². The second kappa shape index (κ2) is 6.89. The van der Waals surface area contributed by atoms with Crippen molar-refractivity contribution in [2.24, 2.45) is 4.99 Å².